The molecule has 0 spiro atoms. The summed E-state index contributed by atoms with van der Waals surface area (Å²) in [5.41, 5.74) is 3.32. The summed E-state index contributed by atoms with van der Waals surface area (Å²) in [5.74, 6) is 0.0958. The molecule has 1 aliphatic rings. The van der Waals surface area contributed by atoms with Gasteiger partial charge in [-0.3, -0.25) is 14.9 Å². The number of nitrogens with zero attached hydrogens (tertiary/aromatic N) is 2. The van der Waals surface area contributed by atoms with Crippen molar-refractivity contribution in [1.29, 1.82) is 0 Å². The minimum absolute atomic E-state index is 0.0350. The van der Waals surface area contributed by atoms with Gasteiger partial charge in [0.25, 0.3) is 0 Å². The van der Waals surface area contributed by atoms with Crippen LogP contribution in [0, 0.1) is 0 Å². The van der Waals surface area contributed by atoms with Crippen molar-refractivity contribution in [3.05, 3.63) is 94.8 Å². The molecule has 2 heterocycles. The number of aliphatic hydroxyl groups is 1. The lowest BCUT2D eigenvalue weighted by Gasteiger charge is -2.32. The summed E-state index contributed by atoms with van der Waals surface area (Å²) in [6.07, 6.45) is 3.19. The summed E-state index contributed by atoms with van der Waals surface area (Å²) < 4.78 is 5.76. The lowest BCUT2D eigenvalue weighted by molar-refractivity contribution is -0.130. The van der Waals surface area contributed by atoms with E-state index in [1.807, 2.05) is 61.6 Å². The van der Waals surface area contributed by atoms with Gasteiger partial charge in [-0.2, -0.15) is 0 Å². The Balaban J connectivity index is 0.921. The number of nitrogens with one attached hydrogen (secondary N) is 3. The van der Waals surface area contributed by atoms with Crippen LogP contribution in [-0.2, 0) is 9.53 Å². The average Bonchev–Trinajstić information content (AvgIpc) is 3.11. The highest BCUT2D eigenvalue weighted by molar-refractivity contribution is 5.91. The highest BCUT2D eigenvalue weighted by Gasteiger charge is 2.23. The zero-order valence-electron chi connectivity index (χ0n) is 28.1. The smallest absolute Gasteiger partial charge is 0.411 e. The van der Waals surface area contributed by atoms with Gasteiger partial charge in [-0.15, -0.1) is 0 Å². The molecule has 11 nitrogen and oxygen atoms in total. The van der Waals surface area contributed by atoms with E-state index in [4.69, 9.17) is 4.74 Å². The number of unbranched alkanes of at least 4 members (excludes halogenated alkanes) is 2. The molecular weight excluding hydrogens is 622 g/mol. The van der Waals surface area contributed by atoms with Crippen molar-refractivity contribution in [2.24, 2.45) is 0 Å². The number of amides is 2. The third-order valence-corrected chi connectivity index (χ3v) is 9.08. The first kappa shape index (κ1) is 35.6. The summed E-state index contributed by atoms with van der Waals surface area (Å²) in [5, 5.41) is 27.5. The standard InChI is InChI=1S/C38H47N5O6/c1-42(36(47)14-6-3-9-21-39-26-34(45)30-15-17-33(44)37-31(30)16-18-35(46)41-37)24-25-43-22-19-28(20-23-43)49-38(48)40-32-13-8-7-12-29(32)27-10-4-2-5-11-27/h2,4-5,7-8,10-13,15-18,28,34,39,44-45H,3,6,9,14,19-26H2,1H3,(H,40,48)(H,41,46)/t34-/m1/s1. The van der Waals surface area contributed by atoms with Gasteiger partial charge >= 0.3 is 6.09 Å². The van der Waals surface area contributed by atoms with Crippen molar-refractivity contribution in [1.82, 2.24) is 20.1 Å². The molecule has 0 saturated carbocycles. The zero-order valence-corrected chi connectivity index (χ0v) is 28.1. The van der Waals surface area contributed by atoms with Gasteiger partial charge in [0.05, 0.1) is 17.3 Å². The van der Waals surface area contributed by atoms with Crippen LogP contribution in [0.1, 0.15) is 50.2 Å². The number of likely N-dealkylation sites (N-methyl/N-ethyl adjacent to an activating group) is 1. The van der Waals surface area contributed by atoms with Crippen LogP contribution < -0.4 is 16.2 Å². The maximum absolute atomic E-state index is 12.7. The monoisotopic (exact) mass is 669 g/mol. The number of piperidine rings is 1. The molecule has 1 aliphatic heterocycles. The number of fused-ring (bicyclic) bond motifs is 1. The Morgan fingerprint density at radius 1 is 0.980 bits per heavy atom. The molecule has 0 radical (unpaired) electrons. The predicted molar refractivity (Wildman–Crippen MR) is 192 cm³/mol. The molecule has 11 heteroatoms. The first-order valence-corrected chi connectivity index (χ1v) is 17.1. The van der Waals surface area contributed by atoms with E-state index in [1.54, 1.807) is 17.0 Å². The number of hydrogen-bond acceptors (Lipinski definition) is 8. The number of H-pyrrole nitrogens is 1. The van der Waals surface area contributed by atoms with Crippen LogP contribution in [0.5, 0.6) is 5.75 Å². The highest BCUT2D eigenvalue weighted by atomic mass is 16.6. The number of carbonyl (C=O) groups excluding carboxylic acids is 2. The van der Waals surface area contributed by atoms with Gasteiger partial charge in [0.1, 0.15) is 11.9 Å². The number of aliphatic hydroxyl groups excluding tert-OH is 1. The molecule has 1 saturated heterocycles. The molecular formula is C38H47N5O6. The van der Waals surface area contributed by atoms with Gasteiger partial charge in [0.15, 0.2) is 0 Å². The number of aromatic amines is 1. The Hall–Kier alpha value is -4.71. The number of pyridine rings is 1. The number of para-hydroxylation sites is 1. The van der Waals surface area contributed by atoms with Crippen LogP contribution >= 0.6 is 0 Å². The van der Waals surface area contributed by atoms with E-state index in [9.17, 15) is 24.6 Å². The van der Waals surface area contributed by atoms with E-state index in [0.29, 0.717) is 42.5 Å². The van der Waals surface area contributed by atoms with Crippen molar-refractivity contribution < 1.29 is 24.5 Å². The van der Waals surface area contributed by atoms with E-state index in [1.165, 1.54) is 12.1 Å². The molecule has 3 aromatic carbocycles. The third-order valence-electron chi connectivity index (χ3n) is 9.08. The van der Waals surface area contributed by atoms with Gasteiger partial charge in [0, 0.05) is 63.2 Å². The average molecular weight is 670 g/mol. The van der Waals surface area contributed by atoms with Crippen LogP contribution in [0.3, 0.4) is 0 Å². The van der Waals surface area contributed by atoms with Crippen LogP contribution in [-0.4, -0.2) is 89.4 Å². The molecule has 5 N–H and O–H groups in total. The Kier molecular flexibility index (Phi) is 12.8. The number of aromatic nitrogens is 1. The Morgan fingerprint density at radius 3 is 2.53 bits per heavy atom. The van der Waals surface area contributed by atoms with Crippen molar-refractivity contribution in [3.63, 3.8) is 0 Å². The number of anilines is 1. The summed E-state index contributed by atoms with van der Waals surface area (Å²) in [6, 6.07) is 23.7. The SMILES string of the molecule is CN(CCN1CCC(OC(=O)Nc2ccccc2-c2ccccc2)CC1)C(=O)CCCCCNC[C@@H](O)c1ccc(O)c2[nH]c(=O)ccc12. The minimum atomic E-state index is -0.796. The molecule has 0 unspecified atom stereocenters. The Morgan fingerprint density at radius 2 is 1.73 bits per heavy atom. The topological polar surface area (TPSA) is 147 Å². The number of aromatic hydroxyl groups is 1. The fourth-order valence-electron chi connectivity index (χ4n) is 6.21. The summed E-state index contributed by atoms with van der Waals surface area (Å²) >= 11 is 0. The second-order valence-corrected chi connectivity index (χ2v) is 12.6. The molecule has 49 heavy (non-hydrogen) atoms. The second-order valence-electron chi connectivity index (χ2n) is 12.6. The van der Waals surface area contributed by atoms with Gasteiger partial charge in [0.2, 0.25) is 11.5 Å². The quantitative estimate of drug-likeness (QED) is 0.108. The lowest BCUT2D eigenvalue weighted by Crippen LogP contribution is -2.42. The number of phenols is 1. The number of ether oxygens (including phenoxy) is 1. The molecule has 4 aromatic rings. The summed E-state index contributed by atoms with van der Waals surface area (Å²) in [6.45, 7) is 4.09. The van der Waals surface area contributed by atoms with Crippen LogP contribution in [0.4, 0.5) is 10.5 Å². The Labute approximate surface area is 286 Å². The summed E-state index contributed by atoms with van der Waals surface area (Å²) in [7, 11) is 1.85. The van der Waals surface area contributed by atoms with Crippen LogP contribution in [0.2, 0.25) is 0 Å². The predicted octanol–water partition coefficient (Wildman–Crippen LogP) is 5.26. The molecule has 5 rings (SSSR count). The van der Waals surface area contributed by atoms with Crippen LogP contribution in [0.25, 0.3) is 22.0 Å². The number of likely N-dealkylation sites (tertiary alicyclic amines) is 1. The highest BCUT2D eigenvalue weighted by Crippen LogP contribution is 2.29. The first-order chi connectivity index (χ1) is 23.8. The molecule has 1 aromatic heterocycles. The normalized spacial score (nSPS) is 14.4. The van der Waals surface area contributed by atoms with Gasteiger partial charge < -0.3 is 35.1 Å². The second kappa shape index (κ2) is 17.6. The van der Waals surface area contributed by atoms with E-state index in [2.05, 4.69) is 20.5 Å². The molecule has 0 aliphatic carbocycles. The molecule has 2 amide bonds. The number of carbonyl (C=O) groups is 2. The van der Waals surface area contributed by atoms with E-state index >= 15 is 0 Å². The molecule has 1 atom stereocenters. The maximum atomic E-state index is 12.7. The van der Waals surface area contributed by atoms with Gasteiger partial charge in [-0.05, 0) is 61.6 Å². The van der Waals surface area contributed by atoms with E-state index in [0.717, 1.165) is 68.6 Å². The Bertz CT molecular complexity index is 1740. The fourth-order valence-corrected chi connectivity index (χ4v) is 6.21. The van der Waals surface area contributed by atoms with Crippen molar-refractivity contribution in [3.8, 4) is 16.9 Å². The summed E-state index contributed by atoms with van der Waals surface area (Å²) in [4.78, 5) is 43.8. The van der Waals surface area contributed by atoms with Gasteiger partial charge in [-0.1, -0.05) is 61.0 Å². The minimum Gasteiger partial charge on any atom is -0.506 e. The van der Waals surface area contributed by atoms with Crippen molar-refractivity contribution in [2.75, 3.05) is 51.6 Å². The lowest BCUT2D eigenvalue weighted by atomic mass is 10.0. The van der Waals surface area contributed by atoms with Crippen molar-refractivity contribution in [2.45, 2.75) is 50.7 Å². The zero-order chi connectivity index (χ0) is 34.6. The number of hydrogen-bond donors (Lipinski definition) is 5. The molecule has 0 bridgehead atoms. The van der Waals surface area contributed by atoms with Crippen molar-refractivity contribution >= 4 is 28.6 Å². The first-order valence-electron chi connectivity index (χ1n) is 17.1. The van der Waals surface area contributed by atoms with Crippen LogP contribution in [0.15, 0.2) is 83.7 Å². The van der Waals surface area contributed by atoms with E-state index in [-0.39, 0.29) is 23.3 Å². The number of rotatable bonds is 15. The molecule has 260 valence electrons. The maximum Gasteiger partial charge on any atom is 0.411 e. The van der Waals surface area contributed by atoms with Gasteiger partial charge in [-0.25, -0.2) is 4.79 Å². The third kappa shape index (κ3) is 10.1. The fraction of sp³-hybridized carbons (Fsp3) is 0.395. The number of phenolic OH excluding ortho intramolecular Hbond substituents is 1. The number of benzene rings is 3. The molecule has 1 fully saturated rings. The largest absolute Gasteiger partial charge is 0.506 e. The van der Waals surface area contributed by atoms with E-state index < -0.39 is 12.2 Å².